The van der Waals surface area contributed by atoms with E-state index in [1.165, 1.54) is 25.7 Å². The minimum atomic E-state index is -0.353. The van der Waals surface area contributed by atoms with Crippen LogP contribution in [0.3, 0.4) is 0 Å². The fraction of sp³-hybridized carbons (Fsp3) is 0.625. The van der Waals surface area contributed by atoms with Crippen LogP contribution < -0.4 is 0 Å². The van der Waals surface area contributed by atoms with Gasteiger partial charge in [0.2, 0.25) is 0 Å². The van der Waals surface area contributed by atoms with E-state index in [1.807, 2.05) is 25.1 Å². The molecule has 1 aromatic rings. The van der Waals surface area contributed by atoms with E-state index in [0.717, 1.165) is 22.6 Å². The molecule has 1 N–H and O–H groups in total. The first-order chi connectivity index (χ1) is 8.63. The quantitative estimate of drug-likeness (QED) is 0.825. The van der Waals surface area contributed by atoms with Crippen molar-refractivity contribution in [3.63, 3.8) is 0 Å². The number of halogens is 1. The molecular weight excluding hydrogens is 244 g/mol. The number of aliphatic hydroxyl groups is 1. The fourth-order valence-electron chi connectivity index (χ4n) is 3.20. The monoisotopic (exact) mass is 266 g/mol. The zero-order chi connectivity index (χ0) is 13.1. The third-order valence-corrected chi connectivity index (χ3v) is 4.84. The molecule has 1 aromatic carbocycles. The molecule has 0 amide bonds. The van der Waals surface area contributed by atoms with E-state index in [2.05, 4.69) is 6.92 Å². The maximum atomic E-state index is 10.6. The highest BCUT2D eigenvalue weighted by molar-refractivity contribution is 6.31. The molecule has 2 rings (SSSR count). The predicted octanol–water partition coefficient (Wildman–Crippen LogP) is 4.90. The van der Waals surface area contributed by atoms with Crippen LogP contribution in [0.1, 0.15) is 56.3 Å². The van der Waals surface area contributed by atoms with E-state index in [0.29, 0.717) is 11.8 Å². The summed E-state index contributed by atoms with van der Waals surface area (Å²) >= 11 is 6.16. The molecule has 0 radical (unpaired) electrons. The zero-order valence-electron chi connectivity index (χ0n) is 11.3. The van der Waals surface area contributed by atoms with Gasteiger partial charge in [-0.2, -0.15) is 0 Å². The Morgan fingerprint density at radius 3 is 2.72 bits per heavy atom. The van der Waals surface area contributed by atoms with Crippen molar-refractivity contribution in [2.45, 2.75) is 52.1 Å². The van der Waals surface area contributed by atoms with Crippen LogP contribution >= 0.6 is 11.6 Å². The van der Waals surface area contributed by atoms with Crippen LogP contribution in [0.15, 0.2) is 18.2 Å². The van der Waals surface area contributed by atoms with Gasteiger partial charge in [0.1, 0.15) is 0 Å². The summed E-state index contributed by atoms with van der Waals surface area (Å²) in [5.74, 6) is 1.07. The Morgan fingerprint density at radius 1 is 1.33 bits per heavy atom. The highest BCUT2D eigenvalue weighted by Gasteiger charge is 2.30. The van der Waals surface area contributed by atoms with Gasteiger partial charge in [-0.25, -0.2) is 0 Å². The van der Waals surface area contributed by atoms with Gasteiger partial charge in [0.15, 0.2) is 0 Å². The first-order valence-electron chi connectivity index (χ1n) is 7.07. The van der Waals surface area contributed by atoms with Gasteiger partial charge in [-0.1, -0.05) is 56.3 Å². The molecule has 100 valence electrons. The predicted molar refractivity (Wildman–Crippen MR) is 76.9 cm³/mol. The van der Waals surface area contributed by atoms with E-state index < -0.39 is 0 Å². The van der Waals surface area contributed by atoms with Crippen LogP contribution in [-0.4, -0.2) is 5.11 Å². The van der Waals surface area contributed by atoms with Crippen molar-refractivity contribution >= 4 is 11.6 Å². The van der Waals surface area contributed by atoms with Gasteiger partial charge < -0.3 is 5.11 Å². The average molecular weight is 267 g/mol. The van der Waals surface area contributed by atoms with Crippen molar-refractivity contribution in [2.75, 3.05) is 0 Å². The number of aryl methyl sites for hydroxylation is 1. The zero-order valence-corrected chi connectivity index (χ0v) is 12.1. The molecule has 0 aromatic heterocycles. The van der Waals surface area contributed by atoms with Crippen LogP contribution in [-0.2, 0) is 0 Å². The Kier molecular flexibility index (Phi) is 4.69. The fourth-order valence-corrected chi connectivity index (χ4v) is 3.39. The Bertz CT molecular complexity index is 402. The molecule has 0 bridgehead atoms. The summed E-state index contributed by atoms with van der Waals surface area (Å²) in [6.07, 6.45) is 5.78. The second kappa shape index (κ2) is 6.08. The third kappa shape index (κ3) is 2.89. The summed E-state index contributed by atoms with van der Waals surface area (Å²) in [6.45, 7) is 4.23. The molecular formula is C16H23ClO. The van der Waals surface area contributed by atoms with Gasteiger partial charge in [-0.05, 0) is 42.4 Å². The largest absolute Gasteiger partial charge is 0.388 e. The number of hydrogen-bond donors (Lipinski definition) is 1. The molecule has 3 unspecified atom stereocenters. The smallest absolute Gasteiger partial charge is 0.0821 e. The lowest BCUT2D eigenvalue weighted by Gasteiger charge is -2.34. The van der Waals surface area contributed by atoms with E-state index in [1.54, 1.807) is 0 Å². The lowest BCUT2D eigenvalue weighted by Crippen LogP contribution is -2.25. The first kappa shape index (κ1) is 13.9. The topological polar surface area (TPSA) is 20.2 Å². The molecule has 0 aliphatic heterocycles. The summed E-state index contributed by atoms with van der Waals surface area (Å²) in [4.78, 5) is 0. The summed E-state index contributed by atoms with van der Waals surface area (Å²) in [7, 11) is 0. The normalized spacial score (nSPS) is 26.0. The molecule has 0 spiro atoms. The van der Waals surface area contributed by atoms with Crippen LogP contribution in [0.25, 0.3) is 0 Å². The number of benzene rings is 1. The molecule has 1 aliphatic carbocycles. The highest BCUT2D eigenvalue weighted by atomic mass is 35.5. The Labute approximate surface area is 115 Å². The van der Waals surface area contributed by atoms with Crippen LogP contribution in [0.4, 0.5) is 0 Å². The van der Waals surface area contributed by atoms with Crippen molar-refractivity contribution in [1.29, 1.82) is 0 Å². The van der Waals surface area contributed by atoms with Gasteiger partial charge in [-0.15, -0.1) is 0 Å². The Morgan fingerprint density at radius 2 is 2.06 bits per heavy atom. The number of aliphatic hydroxyl groups excluding tert-OH is 1. The average Bonchev–Trinajstić information content (AvgIpc) is 2.41. The second-order valence-corrected chi connectivity index (χ2v) is 5.98. The highest BCUT2D eigenvalue weighted by Crippen LogP contribution is 2.40. The van der Waals surface area contributed by atoms with Crippen molar-refractivity contribution in [1.82, 2.24) is 0 Å². The molecule has 1 fully saturated rings. The molecule has 0 saturated heterocycles. The van der Waals surface area contributed by atoms with Gasteiger partial charge in [-0.3, -0.25) is 0 Å². The summed E-state index contributed by atoms with van der Waals surface area (Å²) in [6, 6.07) is 5.96. The summed E-state index contributed by atoms with van der Waals surface area (Å²) in [5, 5.41) is 11.4. The SMILES string of the molecule is CCC1CCCCC1C(O)c1ccc(C)c(Cl)c1. The summed E-state index contributed by atoms with van der Waals surface area (Å²) < 4.78 is 0. The first-order valence-corrected chi connectivity index (χ1v) is 7.45. The molecule has 0 heterocycles. The van der Waals surface area contributed by atoms with E-state index >= 15 is 0 Å². The molecule has 18 heavy (non-hydrogen) atoms. The maximum Gasteiger partial charge on any atom is 0.0821 e. The molecule has 3 atom stereocenters. The lowest BCUT2D eigenvalue weighted by molar-refractivity contribution is 0.0452. The van der Waals surface area contributed by atoms with Crippen molar-refractivity contribution in [3.05, 3.63) is 34.3 Å². The molecule has 1 aliphatic rings. The minimum absolute atomic E-state index is 0.353. The van der Waals surface area contributed by atoms with E-state index in [4.69, 9.17) is 11.6 Å². The molecule has 1 nitrogen and oxygen atoms in total. The van der Waals surface area contributed by atoms with Crippen LogP contribution in [0.5, 0.6) is 0 Å². The number of rotatable bonds is 3. The minimum Gasteiger partial charge on any atom is -0.388 e. The number of hydrogen-bond acceptors (Lipinski definition) is 1. The van der Waals surface area contributed by atoms with Crippen molar-refractivity contribution in [2.24, 2.45) is 11.8 Å². The maximum absolute atomic E-state index is 10.6. The Balaban J connectivity index is 2.18. The third-order valence-electron chi connectivity index (χ3n) is 4.44. The van der Waals surface area contributed by atoms with Gasteiger partial charge in [0.05, 0.1) is 6.10 Å². The molecule has 1 saturated carbocycles. The van der Waals surface area contributed by atoms with Gasteiger partial charge in [0, 0.05) is 5.02 Å². The van der Waals surface area contributed by atoms with Crippen LogP contribution in [0, 0.1) is 18.8 Å². The van der Waals surface area contributed by atoms with Gasteiger partial charge in [0.25, 0.3) is 0 Å². The van der Waals surface area contributed by atoms with Gasteiger partial charge >= 0.3 is 0 Å². The standard InChI is InChI=1S/C16H23ClO/c1-3-12-6-4-5-7-14(12)16(18)13-9-8-11(2)15(17)10-13/h8-10,12,14,16,18H,3-7H2,1-2H3. The van der Waals surface area contributed by atoms with Crippen molar-refractivity contribution in [3.8, 4) is 0 Å². The Hall–Kier alpha value is -0.530. The lowest BCUT2D eigenvalue weighted by atomic mass is 9.73. The molecule has 2 heteroatoms. The second-order valence-electron chi connectivity index (χ2n) is 5.57. The summed E-state index contributed by atoms with van der Waals surface area (Å²) in [5.41, 5.74) is 2.05. The van der Waals surface area contributed by atoms with Crippen molar-refractivity contribution < 1.29 is 5.11 Å². The van der Waals surface area contributed by atoms with E-state index in [9.17, 15) is 5.11 Å². The van der Waals surface area contributed by atoms with Crippen LogP contribution in [0.2, 0.25) is 5.02 Å². The van der Waals surface area contributed by atoms with E-state index in [-0.39, 0.29) is 6.10 Å².